The highest BCUT2D eigenvalue weighted by molar-refractivity contribution is 6.01. The average Bonchev–Trinajstić information content (AvgIpc) is 3.37. The third kappa shape index (κ3) is 2.50. The minimum Gasteiger partial charge on any atom is -0.245 e. The van der Waals surface area contributed by atoms with Gasteiger partial charge < -0.3 is 0 Å². The van der Waals surface area contributed by atoms with E-state index in [1.54, 1.807) is 18.7 Å². The van der Waals surface area contributed by atoms with Gasteiger partial charge in [-0.15, -0.1) is 0 Å². The molecular weight excluding hydrogens is 324 g/mol. The fourth-order valence-corrected chi connectivity index (χ4v) is 3.33. The van der Waals surface area contributed by atoms with Gasteiger partial charge in [0.1, 0.15) is 12.0 Å². The quantitative estimate of drug-likeness (QED) is 0.667. The van der Waals surface area contributed by atoms with Crippen molar-refractivity contribution in [2.45, 2.75) is 6.92 Å². The Balaban J connectivity index is 1.96. The number of aromatic nitrogens is 2. The second kappa shape index (κ2) is 6.54. The molecule has 1 unspecified atom stereocenters. The molecule has 5 heteroatoms. The number of amides is 1. The van der Waals surface area contributed by atoms with E-state index in [1.165, 1.54) is 10.9 Å². The summed E-state index contributed by atoms with van der Waals surface area (Å²) in [6.07, 6.45) is 6.57. The van der Waals surface area contributed by atoms with Crippen LogP contribution in [0.15, 0.2) is 84.4 Å². The summed E-state index contributed by atoms with van der Waals surface area (Å²) in [5, 5.41) is 0. The molecule has 1 aromatic heterocycles. The number of carbonyl (C=O) groups excluding carboxylic acids is 1. The van der Waals surface area contributed by atoms with Crippen molar-refractivity contribution in [2.75, 3.05) is 6.54 Å². The summed E-state index contributed by atoms with van der Waals surface area (Å²) in [7, 11) is 0. The van der Waals surface area contributed by atoms with E-state index >= 15 is 0 Å². The van der Waals surface area contributed by atoms with E-state index in [4.69, 9.17) is 4.99 Å². The number of hydrogen-bond acceptors (Lipinski definition) is 3. The Morgan fingerprint density at radius 3 is 2.23 bits per heavy atom. The van der Waals surface area contributed by atoms with E-state index in [-0.39, 0.29) is 10.5 Å². The molecule has 0 spiro atoms. The van der Waals surface area contributed by atoms with Gasteiger partial charge in [-0.25, -0.2) is 14.3 Å². The number of nitrogens with zero attached hydrogens (tertiary/aromatic N) is 4. The average molecular weight is 343 g/mol. The van der Waals surface area contributed by atoms with Crippen molar-refractivity contribution in [1.29, 1.82) is 0 Å². The zero-order valence-corrected chi connectivity index (χ0v) is 14.5. The van der Waals surface area contributed by atoms with Crippen LogP contribution in [-0.2, 0) is 0 Å². The van der Waals surface area contributed by atoms with Crippen LogP contribution in [0.5, 0.6) is 0 Å². The van der Waals surface area contributed by atoms with Crippen molar-refractivity contribution in [1.82, 2.24) is 9.55 Å². The Hall–Kier alpha value is -3.31. The van der Waals surface area contributed by atoms with E-state index in [1.807, 2.05) is 67.6 Å². The molecule has 3 aromatic rings. The lowest BCUT2D eigenvalue weighted by molar-refractivity contribution is -0.666. The third-order valence-electron chi connectivity index (χ3n) is 4.67. The Kier molecular flexibility index (Phi) is 4.07. The maximum atomic E-state index is 13.4. The number of benzene rings is 2. The van der Waals surface area contributed by atoms with Crippen molar-refractivity contribution in [3.8, 4) is 0 Å². The van der Waals surface area contributed by atoms with Gasteiger partial charge in [0.15, 0.2) is 5.70 Å². The van der Waals surface area contributed by atoms with Gasteiger partial charge in [0.05, 0.1) is 6.54 Å². The first kappa shape index (κ1) is 16.2. The first-order valence-electron chi connectivity index (χ1n) is 8.58. The van der Waals surface area contributed by atoms with Gasteiger partial charge in [-0.3, -0.25) is 0 Å². The van der Waals surface area contributed by atoms with Crippen LogP contribution in [-0.4, -0.2) is 32.9 Å². The molecule has 0 bridgehead atoms. The molecule has 5 nitrogen and oxygen atoms in total. The fraction of sp³-hybridized carbons (Fsp3) is 0.0952. The minimum atomic E-state index is -0.0986. The molecule has 2 heterocycles. The van der Waals surface area contributed by atoms with E-state index in [0.717, 1.165) is 22.5 Å². The largest absolute Gasteiger partial charge is 0.439 e. The first-order valence-corrected chi connectivity index (χ1v) is 8.58. The Bertz CT molecular complexity index is 975. The molecule has 26 heavy (non-hydrogen) atoms. The Morgan fingerprint density at radius 1 is 1.00 bits per heavy atom. The van der Waals surface area contributed by atoms with Crippen LogP contribution < -0.4 is 0 Å². The van der Waals surface area contributed by atoms with Crippen molar-refractivity contribution < 1.29 is 9.28 Å². The minimum absolute atomic E-state index is 0.0185. The summed E-state index contributed by atoms with van der Waals surface area (Å²) in [6.45, 7) is 2.55. The lowest BCUT2D eigenvalue weighted by Crippen LogP contribution is -2.50. The van der Waals surface area contributed by atoms with Crippen LogP contribution in [0.1, 0.15) is 18.1 Å². The second-order valence-corrected chi connectivity index (χ2v) is 6.11. The summed E-state index contributed by atoms with van der Waals surface area (Å²) in [5.41, 5.74) is 3.69. The van der Waals surface area contributed by atoms with Crippen molar-refractivity contribution >= 4 is 23.8 Å². The maximum Gasteiger partial charge on any atom is 0.439 e. The molecule has 0 saturated heterocycles. The summed E-state index contributed by atoms with van der Waals surface area (Å²) in [4.78, 5) is 22.1. The predicted molar refractivity (Wildman–Crippen MR) is 102 cm³/mol. The van der Waals surface area contributed by atoms with Crippen LogP contribution >= 0.6 is 0 Å². The van der Waals surface area contributed by atoms with Gasteiger partial charge in [-0.1, -0.05) is 48.5 Å². The van der Waals surface area contributed by atoms with E-state index in [0.29, 0.717) is 6.54 Å². The fourth-order valence-electron chi connectivity index (χ4n) is 3.33. The van der Waals surface area contributed by atoms with Gasteiger partial charge in [-0.05, 0) is 19.1 Å². The number of rotatable bonds is 3. The predicted octanol–water partition coefficient (Wildman–Crippen LogP) is 4.26. The molecule has 128 valence electrons. The molecule has 1 aliphatic rings. The number of quaternary nitrogens is 1. The standard InChI is InChI=1S/C21H19N4O/c1-2-25(21(26)24-14-13-22-15-24)16-23-19(17-9-5-3-6-10-17)20(25)18-11-7-4-8-12-18/h3-16H,2H2,1H3/q+1. The zero-order valence-electron chi connectivity index (χ0n) is 14.5. The summed E-state index contributed by atoms with van der Waals surface area (Å²) < 4.78 is 1.54. The molecule has 2 aromatic carbocycles. The van der Waals surface area contributed by atoms with Crippen LogP contribution in [0.4, 0.5) is 4.79 Å². The highest BCUT2D eigenvalue weighted by Gasteiger charge is 2.46. The SMILES string of the molecule is CC[N+]1(C(=O)n2ccnc2)C=NC(c2ccccc2)=C1c1ccccc1. The molecule has 1 aliphatic heterocycles. The summed E-state index contributed by atoms with van der Waals surface area (Å²) in [6, 6.07) is 19.9. The van der Waals surface area contributed by atoms with Gasteiger partial charge in [0.25, 0.3) is 0 Å². The first-order chi connectivity index (χ1) is 12.8. The molecule has 0 saturated carbocycles. The van der Waals surface area contributed by atoms with Crippen LogP contribution in [0.2, 0.25) is 0 Å². The number of aliphatic imine (C=N–C) groups is 1. The normalized spacial score (nSPS) is 19.1. The van der Waals surface area contributed by atoms with Gasteiger partial charge in [0.2, 0.25) is 6.34 Å². The molecule has 0 N–H and O–H groups in total. The second-order valence-electron chi connectivity index (χ2n) is 6.11. The molecule has 4 rings (SSSR count). The van der Waals surface area contributed by atoms with E-state index in [9.17, 15) is 4.79 Å². The van der Waals surface area contributed by atoms with Crippen molar-refractivity contribution in [3.63, 3.8) is 0 Å². The molecule has 1 atom stereocenters. The van der Waals surface area contributed by atoms with Gasteiger partial charge in [0, 0.05) is 23.5 Å². The number of hydrogen-bond donors (Lipinski definition) is 0. The highest BCUT2D eigenvalue weighted by atomic mass is 16.2. The lowest BCUT2D eigenvalue weighted by Gasteiger charge is -2.28. The van der Waals surface area contributed by atoms with Crippen molar-refractivity contribution in [3.05, 3.63) is 90.5 Å². The van der Waals surface area contributed by atoms with Crippen LogP contribution in [0, 0.1) is 0 Å². The number of imidazole rings is 1. The molecular formula is C21H19N4O+. The Labute approximate surface area is 152 Å². The van der Waals surface area contributed by atoms with Crippen molar-refractivity contribution in [2.24, 2.45) is 4.99 Å². The van der Waals surface area contributed by atoms with Crippen LogP contribution in [0.3, 0.4) is 0 Å². The van der Waals surface area contributed by atoms with Crippen LogP contribution in [0.25, 0.3) is 11.4 Å². The molecule has 0 fully saturated rings. The highest BCUT2D eigenvalue weighted by Crippen LogP contribution is 2.39. The smallest absolute Gasteiger partial charge is 0.245 e. The zero-order chi connectivity index (χ0) is 18.0. The van der Waals surface area contributed by atoms with E-state index < -0.39 is 0 Å². The van der Waals surface area contributed by atoms with Gasteiger partial charge >= 0.3 is 6.03 Å². The third-order valence-corrected chi connectivity index (χ3v) is 4.67. The maximum absolute atomic E-state index is 13.4. The molecule has 1 amide bonds. The van der Waals surface area contributed by atoms with Gasteiger partial charge in [-0.2, -0.15) is 9.48 Å². The molecule has 0 radical (unpaired) electrons. The lowest BCUT2D eigenvalue weighted by atomic mass is 10.0. The number of carbonyl (C=O) groups is 1. The van der Waals surface area contributed by atoms with E-state index in [2.05, 4.69) is 4.98 Å². The monoisotopic (exact) mass is 343 g/mol. The summed E-state index contributed by atoms with van der Waals surface area (Å²) >= 11 is 0. The Morgan fingerprint density at radius 2 is 1.65 bits per heavy atom. The topological polar surface area (TPSA) is 47.2 Å². The summed E-state index contributed by atoms with van der Waals surface area (Å²) in [5.74, 6) is 0. The molecule has 0 aliphatic carbocycles.